The number of hydrogen-bond acceptors (Lipinski definition) is 2. The Morgan fingerprint density at radius 1 is 1.14 bits per heavy atom. The van der Waals surface area contributed by atoms with E-state index < -0.39 is 5.41 Å². The van der Waals surface area contributed by atoms with Crippen LogP contribution in [0.1, 0.15) is 19.4 Å². The molecule has 0 heterocycles. The Kier molecular flexibility index (Phi) is 4.53. The Labute approximate surface area is 129 Å². The number of halogens is 1. The van der Waals surface area contributed by atoms with Crippen molar-refractivity contribution in [2.45, 2.75) is 19.3 Å². The molecule has 0 spiro atoms. The van der Waals surface area contributed by atoms with Crippen molar-refractivity contribution >= 4 is 23.2 Å². The van der Waals surface area contributed by atoms with Gasteiger partial charge in [-0.25, -0.2) is 0 Å². The summed E-state index contributed by atoms with van der Waals surface area (Å²) in [4.78, 5) is 12.5. The summed E-state index contributed by atoms with van der Waals surface area (Å²) in [5.74, 6) is 0.621. The van der Waals surface area contributed by atoms with E-state index in [0.717, 1.165) is 5.56 Å². The lowest BCUT2D eigenvalue weighted by atomic mass is 9.83. The van der Waals surface area contributed by atoms with Gasteiger partial charge in [0.2, 0.25) is 5.91 Å². The number of methoxy groups -OCH3 is 1. The lowest BCUT2D eigenvalue weighted by molar-refractivity contribution is -0.120. The van der Waals surface area contributed by atoms with Crippen LogP contribution in [0, 0.1) is 0 Å². The fourth-order valence-corrected chi connectivity index (χ4v) is 2.11. The first-order chi connectivity index (χ1) is 9.93. The third-order valence-electron chi connectivity index (χ3n) is 3.46. The fourth-order valence-electron chi connectivity index (χ4n) is 1.99. The Morgan fingerprint density at radius 3 is 2.43 bits per heavy atom. The maximum Gasteiger partial charge on any atom is 0.234 e. The van der Waals surface area contributed by atoms with E-state index in [0.29, 0.717) is 16.5 Å². The molecule has 21 heavy (non-hydrogen) atoms. The van der Waals surface area contributed by atoms with E-state index in [1.165, 1.54) is 0 Å². The molecule has 3 nitrogen and oxygen atoms in total. The Hall–Kier alpha value is -2.00. The Morgan fingerprint density at radius 2 is 1.81 bits per heavy atom. The van der Waals surface area contributed by atoms with E-state index in [9.17, 15) is 4.79 Å². The van der Waals surface area contributed by atoms with Crippen LogP contribution in [0.4, 0.5) is 5.69 Å². The van der Waals surface area contributed by atoms with Gasteiger partial charge in [0.05, 0.1) is 12.5 Å². The highest BCUT2D eigenvalue weighted by Gasteiger charge is 2.29. The van der Waals surface area contributed by atoms with Gasteiger partial charge >= 0.3 is 0 Å². The summed E-state index contributed by atoms with van der Waals surface area (Å²) < 4.78 is 5.15. The van der Waals surface area contributed by atoms with E-state index in [4.69, 9.17) is 16.3 Å². The third-order valence-corrected chi connectivity index (χ3v) is 3.71. The molecule has 110 valence electrons. The largest absolute Gasteiger partial charge is 0.497 e. The monoisotopic (exact) mass is 303 g/mol. The second-order valence-corrected chi connectivity index (χ2v) is 5.75. The first-order valence-corrected chi connectivity index (χ1v) is 7.03. The molecule has 2 rings (SSSR count). The molecule has 0 aliphatic carbocycles. The molecule has 1 amide bonds. The molecule has 2 aromatic carbocycles. The van der Waals surface area contributed by atoms with Crippen molar-refractivity contribution in [3.63, 3.8) is 0 Å². The lowest BCUT2D eigenvalue weighted by Gasteiger charge is -2.24. The van der Waals surface area contributed by atoms with Gasteiger partial charge in [-0.1, -0.05) is 29.8 Å². The zero-order valence-electron chi connectivity index (χ0n) is 12.3. The van der Waals surface area contributed by atoms with Gasteiger partial charge in [-0.2, -0.15) is 0 Å². The van der Waals surface area contributed by atoms with Crippen LogP contribution in [0.3, 0.4) is 0 Å². The van der Waals surface area contributed by atoms with Crippen LogP contribution in [0.25, 0.3) is 0 Å². The quantitative estimate of drug-likeness (QED) is 0.916. The summed E-state index contributed by atoms with van der Waals surface area (Å²) in [6.45, 7) is 3.76. The number of ether oxygens (including phenoxy) is 1. The number of nitrogens with one attached hydrogen (secondary N) is 1. The molecule has 0 radical (unpaired) electrons. The minimum atomic E-state index is -0.659. The average molecular weight is 304 g/mol. The molecular formula is C17H18ClNO2. The average Bonchev–Trinajstić information content (AvgIpc) is 2.48. The number of anilines is 1. The van der Waals surface area contributed by atoms with Crippen LogP contribution in [0.15, 0.2) is 48.5 Å². The van der Waals surface area contributed by atoms with Gasteiger partial charge in [0.1, 0.15) is 5.75 Å². The van der Waals surface area contributed by atoms with Crippen LogP contribution in [0.5, 0.6) is 5.75 Å². The van der Waals surface area contributed by atoms with Gasteiger partial charge in [-0.05, 0) is 43.7 Å². The highest BCUT2D eigenvalue weighted by atomic mass is 35.5. The molecule has 0 aliphatic rings. The summed E-state index contributed by atoms with van der Waals surface area (Å²) in [5.41, 5.74) is 0.960. The zero-order valence-corrected chi connectivity index (χ0v) is 13.1. The summed E-state index contributed by atoms with van der Waals surface area (Å²) in [7, 11) is 1.60. The van der Waals surface area contributed by atoms with Crippen LogP contribution < -0.4 is 10.1 Å². The number of benzene rings is 2. The van der Waals surface area contributed by atoms with Gasteiger partial charge in [0.25, 0.3) is 0 Å². The first-order valence-electron chi connectivity index (χ1n) is 6.65. The first kappa shape index (κ1) is 15.4. The minimum Gasteiger partial charge on any atom is -0.497 e. The number of carbonyl (C=O) groups is 1. The van der Waals surface area contributed by atoms with Crippen LogP contribution in [0.2, 0.25) is 5.02 Å². The van der Waals surface area contributed by atoms with Gasteiger partial charge in [0, 0.05) is 16.8 Å². The van der Waals surface area contributed by atoms with Crippen molar-refractivity contribution in [3.05, 3.63) is 59.1 Å². The minimum absolute atomic E-state index is 0.0851. The summed E-state index contributed by atoms with van der Waals surface area (Å²) >= 11 is 5.89. The second kappa shape index (κ2) is 6.19. The van der Waals surface area contributed by atoms with Crippen molar-refractivity contribution in [1.82, 2.24) is 0 Å². The van der Waals surface area contributed by atoms with Crippen molar-refractivity contribution in [2.75, 3.05) is 12.4 Å². The maximum absolute atomic E-state index is 12.5. The fraction of sp³-hybridized carbons (Fsp3) is 0.235. The van der Waals surface area contributed by atoms with E-state index in [-0.39, 0.29) is 5.91 Å². The van der Waals surface area contributed by atoms with Gasteiger partial charge in [0.15, 0.2) is 0 Å². The van der Waals surface area contributed by atoms with Crippen molar-refractivity contribution in [3.8, 4) is 5.75 Å². The number of rotatable bonds is 4. The van der Waals surface area contributed by atoms with E-state index >= 15 is 0 Å². The van der Waals surface area contributed by atoms with E-state index in [1.54, 1.807) is 25.3 Å². The molecule has 4 heteroatoms. The molecule has 2 aromatic rings. The van der Waals surface area contributed by atoms with Gasteiger partial charge < -0.3 is 10.1 Å². The van der Waals surface area contributed by atoms with Crippen LogP contribution >= 0.6 is 11.6 Å². The maximum atomic E-state index is 12.5. The molecule has 0 fully saturated rings. The molecule has 0 aromatic heterocycles. The molecule has 0 saturated carbocycles. The van der Waals surface area contributed by atoms with Crippen molar-refractivity contribution < 1.29 is 9.53 Å². The molecule has 0 bridgehead atoms. The predicted octanol–water partition coefficient (Wildman–Crippen LogP) is 4.26. The van der Waals surface area contributed by atoms with Gasteiger partial charge in [-0.3, -0.25) is 4.79 Å². The predicted molar refractivity (Wildman–Crippen MR) is 86.1 cm³/mol. The molecule has 0 saturated heterocycles. The summed E-state index contributed by atoms with van der Waals surface area (Å²) in [6.07, 6.45) is 0. The summed E-state index contributed by atoms with van der Waals surface area (Å²) in [6, 6.07) is 14.6. The molecular weight excluding hydrogens is 286 g/mol. The van der Waals surface area contributed by atoms with Crippen molar-refractivity contribution in [2.24, 2.45) is 0 Å². The summed E-state index contributed by atoms with van der Waals surface area (Å²) in [5, 5.41) is 3.57. The normalized spacial score (nSPS) is 11.0. The SMILES string of the molecule is COc1cccc(NC(=O)C(C)(C)c2ccc(Cl)cc2)c1. The van der Waals surface area contributed by atoms with E-state index in [1.807, 2.05) is 44.2 Å². The molecule has 0 aliphatic heterocycles. The Balaban J connectivity index is 2.19. The highest BCUT2D eigenvalue weighted by Crippen LogP contribution is 2.27. The lowest BCUT2D eigenvalue weighted by Crippen LogP contribution is -2.34. The highest BCUT2D eigenvalue weighted by molar-refractivity contribution is 6.30. The topological polar surface area (TPSA) is 38.3 Å². The van der Waals surface area contributed by atoms with Gasteiger partial charge in [-0.15, -0.1) is 0 Å². The van der Waals surface area contributed by atoms with E-state index in [2.05, 4.69) is 5.32 Å². The number of amides is 1. The number of carbonyl (C=O) groups excluding carboxylic acids is 1. The number of hydrogen-bond donors (Lipinski definition) is 1. The standard InChI is InChI=1S/C17H18ClNO2/c1-17(2,12-7-9-13(18)10-8-12)16(20)19-14-5-4-6-15(11-14)21-3/h4-11H,1-3H3,(H,19,20). The van der Waals surface area contributed by atoms with Crippen LogP contribution in [-0.2, 0) is 10.2 Å². The van der Waals surface area contributed by atoms with Crippen LogP contribution in [-0.4, -0.2) is 13.0 Å². The smallest absolute Gasteiger partial charge is 0.234 e. The second-order valence-electron chi connectivity index (χ2n) is 5.32. The molecule has 0 unspecified atom stereocenters. The molecule has 0 atom stereocenters. The third kappa shape index (κ3) is 3.56. The van der Waals surface area contributed by atoms with Crippen molar-refractivity contribution in [1.29, 1.82) is 0 Å². The Bertz CT molecular complexity index is 635. The molecule has 1 N–H and O–H groups in total. The zero-order chi connectivity index (χ0) is 15.5.